The molecule has 1 aromatic rings. The fourth-order valence-electron chi connectivity index (χ4n) is 2.75. The van der Waals surface area contributed by atoms with Crippen LogP contribution in [0.2, 0.25) is 0 Å². The van der Waals surface area contributed by atoms with Gasteiger partial charge in [-0.25, -0.2) is 0 Å². The second-order valence-corrected chi connectivity index (χ2v) is 6.27. The number of carbonyl (C=O) groups excluding carboxylic acids is 2. The minimum atomic E-state index is -0.247. The van der Waals surface area contributed by atoms with Gasteiger partial charge in [-0.3, -0.25) is 14.3 Å². The van der Waals surface area contributed by atoms with Crippen molar-refractivity contribution in [3.05, 3.63) is 18.5 Å². The highest BCUT2D eigenvalue weighted by molar-refractivity contribution is 7.99. The Morgan fingerprint density at radius 1 is 1.23 bits per heavy atom. The second-order valence-electron chi connectivity index (χ2n) is 5.40. The summed E-state index contributed by atoms with van der Waals surface area (Å²) in [5, 5.41) is 4.20. The van der Waals surface area contributed by atoms with E-state index in [1.807, 2.05) is 35.2 Å². The molecule has 22 heavy (non-hydrogen) atoms. The largest absolute Gasteiger partial charge is 0.340 e. The molecule has 0 radical (unpaired) electrons. The summed E-state index contributed by atoms with van der Waals surface area (Å²) in [7, 11) is 0. The van der Waals surface area contributed by atoms with E-state index >= 15 is 0 Å². The van der Waals surface area contributed by atoms with E-state index in [0.717, 1.165) is 13.0 Å². The van der Waals surface area contributed by atoms with Gasteiger partial charge < -0.3 is 9.80 Å². The molecule has 2 amide bonds. The zero-order chi connectivity index (χ0) is 15.9. The number of thioether (sulfide) groups is 1. The van der Waals surface area contributed by atoms with Crippen LogP contribution in [-0.4, -0.2) is 69.6 Å². The van der Waals surface area contributed by atoms with Gasteiger partial charge in [0.05, 0.1) is 5.75 Å². The molecule has 6 nitrogen and oxygen atoms in total. The molecule has 0 aliphatic carbocycles. The number of amides is 2. The number of rotatable bonds is 5. The Balaban J connectivity index is 1.98. The highest BCUT2D eigenvalue weighted by Gasteiger charge is 2.27. The lowest BCUT2D eigenvalue weighted by molar-refractivity contribution is -0.135. The summed E-state index contributed by atoms with van der Waals surface area (Å²) in [5.41, 5.74) is 0. The molecule has 1 aromatic heterocycles. The molecule has 2 rings (SSSR count). The summed E-state index contributed by atoms with van der Waals surface area (Å²) >= 11 is 1.54. The molecule has 0 spiro atoms. The van der Waals surface area contributed by atoms with E-state index in [2.05, 4.69) is 5.10 Å². The zero-order valence-corrected chi connectivity index (χ0v) is 14.1. The molecule has 1 aliphatic rings. The van der Waals surface area contributed by atoms with Crippen molar-refractivity contribution in [1.82, 2.24) is 19.6 Å². The van der Waals surface area contributed by atoms with E-state index in [4.69, 9.17) is 0 Å². The lowest BCUT2D eigenvalue weighted by Gasteiger charge is -2.26. The molecular weight excluding hydrogens is 300 g/mol. The number of hydrogen-bond acceptors (Lipinski definition) is 4. The normalized spacial score (nSPS) is 17.2. The second kappa shape index (κ2) is 8.22. The molecule has 2 heterocycles. The minimum absolute atomic E-state index is 0.102. The van der Waals surface area contributed by atoms with Crippen LogP contribution in [0.25, 0.3) is 0 Å². The van der Waals surface area contributed by atoms with Gasteiger partial charge in [0.25, 0.3) is 0 Å². The van der Waals surface area contributed by atoms with Crippen LogP contribution in [0.4, 0.5) is 0 Å². The van der Waals surface area contributed by atoms with Crippen molar-refractivity contribution in [1.29, 1.82) is 0 Å². The molecule has 7 heteroatoms. The average Bonchev–Trinajstić information content (AvgIpc) is 2.91. The van der Waals surface area contributed by atoms with Gasteiger partial charge in [-0.1, -0.05) is 6.92 Å². The van der Waals surface area contributed by atoms with E-state index in [-0.39, 0.29) is 17.9 Å². The van der Waals surface area contributed by atoms with E-state index in [9.17, 15) is 9.59 Å². The molecule has 1 fully saturated rings. The van der Waals surface area contributed by atoms with E-state index in [1.54, 1.807) is 22.6 Å². The highest BCUT2D eigenvalue weighted by Crippen LogP contribution is 2.16. The summed E-state index contributed by atoms with van der Waals surface area (Å²) < 4.78 is 1.73. The summed E-state index contributed by atoms with van der Waals surface area (Å²) in [4.78, 5) is 28.5. The van der Waals surface area contributed by atoms with E-state index < -0.39 is 0 Å². The van der Waals surface area contributed by atoms with Gasteiger partial charge in [-0.15, -0.1) is 0 Å². The van der Waals surface area contributed by atoms with E-state index in [1.165, 1.54) is 0 Å². The first-order valence-electron chi connectivity index (χ1n) is 7.72. The number of hydrogen-bond donors (Lipinski definition) is 0. The van der Waals surface area contributed by atoms with Crippen molar-refractivity contribution in [2.45, 2.75) is 25.8 Å². The molecule has 0 bridgehead atoms. The van der Waals surface area contributed by atoms with Crippen LogP contribution in [-0.2, 0) is 9.59 Å². The third-order valence-corrected chi connectivity index (χ3v) is 4.48. The SMILES string of the molecule is CCC(C(=O)N1CCCN(C(=O)CSC)CC1)n1cccn1. The fraction of sp³-hybridized carbons (Fsp3) is 0.667. The Hall–Kier alpha value is -1.50. The zero-order valence-electron chi connectivity index (χ0n) is 13.3. The first-order valence-corrected chi connectivity index (χ1v) is 9.11. The summed E-state index contributed by atoms with van der Waals surface area (Å²) in [6.07, 6.45) is 7.01. The molecule has 122 valence electrons. The maximum Gasteiger partial charge on any atom is 0.247 e. The highest BCUT2D eigenvalue weighted by atomic mass is 32.2. The van der Waals surface area contributed by atoms with Crippen molar-refractivity contribution in [2.75, 3.05) is 38.2 Å². The monoisotopic (exact) mass is 324 g/mol. The Kier molecular flexibility index (Phi) is 6.30. The van der Waals surface area contributed by atoms with Crippen LogP contribution < -0.4 is 0 Å². The molecule has 0 aromatic carbocycles. The minimum Gasteiger partial charge on any atom is -0.340 e. The topological polar surface area (TPSA) is 58.4 Å². The number of aromatic nitrogens is 2. The first-order chi connectivity index (χ1) is 10.7. The van der Waals surface area contributed by atoms with Crippen LogP contribution in [0.15, 0.2) is 18.5 Å². The van der Waals surface area contributed by atoms with E-state index in [0.29, 0.717) is 31.8 Å². The van der Waals surface area contributed by atoms with Crippen LogP contribution in [0.5, 0.6) is 0 Å². The van der Waals surface area contributed by atoms with Gasteiger partial charge in [-0.05, 0) is 25.2 Å². The Morgan fingerprint density at radius 2 is 1.95 bits per heavy atom. The van der Waals surface area contributed by atoms with Crippen molar-refractivity contribution >= 4 is 23.6 Å². The van der Waals surface area contributed by atoms with Crippen LogP contribution in [0, 0.1) is 0 Å². The summed E-state index contributed by atoms with van der Waals surface area (Å²) in [6.45, 7) is 4.68. The smallest absolute Gasteiger partial charge is 0.247 e. The molecule has 0 N–H and O–H groups in total. The third kappa shape index (κ3) is 4.03. The molecular formula is C15H24N4O2S. The molecule has 1 saturated heterocycles. The Labute approximate surface area is 135 Å². The maximum atomic E-state index is 12.7. The predicted octanol–water partition coefficient (Wildman–Crippen LogP) is 1.26. The van der Waals surface area contributed by atoms with Crippen LogP contribution >= 0.6 is 11.8 Å². The molecule has 1 atom stereocenters. The number of carbonyl (C=O) groups is 2. The van der Waals surface area contributed by atoms with Crippen molar-refractivity contribution in [3.63, 3.8) is 0 Å². The van der Waals surface area contributed by atoms with Gasteiger partial charge in [-0.2, -0.15) is 16.9 Å². The predicted molar refractivity (Wildman–Crippen MR) is 87.7 cm³/mol. The van der Waals surface area contributed by atoms with Gasteiger partial charge >= 0.3 is 0 Å². The van der Waals surface area contributed by atoms with Crippen molar-refractivity contribution in [3.8, 4) is 0 Å². The number of nitrogens with zero attached hydrogens (tertiary/aromatic N) is 4. The first kappa shape index (κ1) is 16.9. The lowest BCUT2D eigenvalue weighted by atomic mass is 10.2. The molecule has 0 saturated carbocycles. The van der Waals surface area contributed by atoms with Crippen LogP contribution in [0.3, 0.4) is 0 Å². The van der Waals surface area contributed by atoms with Crippen molar-refractivity contribution in [2.24, 2.45) is 0 Å². The van der Waals surface area contributed by atoms with Gasteiger partial charge in [0.2, 0.25) is 11.8 Å². The summed E-state index contributed by atoms with van der Waals surface area (Å²) in [6, 6.07) is 1.59. The Morgan fingerprint density at radius 3 is 2.59 bits per heavy atom. The standard InChI is InChI=1S/C15H24N4O2S/c1-3-13(19-9-4-6-16-19)15(21)18-8-5-7-17(10-11-18)14(20)12-22-2/h4,6,9,13H,3,5,7-8,10-12H2,1-2H3. The lowest BCUT2D eigenvalue weighted by Crippen LogP contribution is -2.41. The quantitative estimate of drug-likeness (QED) is 0.818. The Bertz CT molecular complexity index is 492. The maximum absolute atomic E-state index is 12.7. The summed E-state index contributed by atoms with van der Waals surface area (Å²) in [5.74, 6) is 0.782. The van der Waals surface area contributed by atoms with Gasteiger partial charge in [0.15, 0.2) is 0 Å². The van der Waals surface area contributed by atoms with Gasteiger partial charge in [0, 0.05) is 38.6 Å². The third-order valence-electron chi connectivity index (χ3n) is 3.94. The average molecular weight is 324 g/mol. The van der Waals surface area contributed by atoms with Crippen LogP contribution in [0.1, 0.15) is 25.8 Å². The molecule has 1 unspecified atom stereocenters. The van der Waals surface area contributed by atoms with Gasteiger partial charge in [0.1, 0.15) is 6.04 Å². The molecule has 1 aliphatic heterocycles. The fourth-order valence-corrected chi connectivity index (χ4v) is 3.18. The van der Waals surface area contributed by atoms with Crippen molar-refractivity contribution < 1.29 is 9.59 Å².